The van der Waals surface area contributed by atoms with Crippen LogP contribution in [0.2, 0.25) is 0 Å². The number of hydrogen-bond acceptors (Lipinski definition) is 3. The molecule has 1 heterocycles. The van der Waals surface area contributed by atoms with Gasteiger partial charge in [-0.2, -0.15) is 0 Å². The van der Waals surface area contributed by atoms with Crippen molar-refractivity contribution in [2.75, 3.05) is 7.05 Å². The monoisotopic (exact) mass is 352 g/mol. The molecule has 26 heavy (non-hydrogen) atoms. The number of aryl methyl sites for hydroxylation is 1. The molecule has 0 unspecified atom stereocenters. The number of carbonyl (C=O) groups is 1. The molecule has 0 spiro atoms. The van der Waals surface area contributed by atoms with Crippen molar-refractivity contribution < 1.29 is 4.79 Å². The van der Waals surface area contributed by atoms with Gasteiger partial charge in [-0.05, 0) is 43.5 Å². The second-order valence-electron chi connectivity index (χ2n) is 6.18. The number of unbranched alkanes of at least 4 members (excludes halogenated alkanes) is 3. The smallest absolute Gasteiger partial charge is 0.219 e. The van der Waals surface area contributed by atoms with Crippen molar-refractivity contribution in [3.05, 3.63) is 48.4 Å². The number of H-pyrrole nitrogens is 1. The van der Waals surface area contributed by atoms with E-state index >= 15 is 0 Å². The highest BCUT2D eigenvalue weighted by Gasteiger charge is 2.04. The Kier molecular flexibility index (Phi) is 8.33. The van der Waals surface area contributed by atoms with E-state index in [9.17, 15) is 4.79 Å². The fourth-order valence-corrected chi connectivity index (χ4v) is 2.63. The van der Waals surface area contributed by atoms with E-state index in [2.05, 4.69) is 32.4 Å². The van der Waals surface area contributed by atoms with Crippen LogP contribution in [0.5, 0.6) is 0 Å². The van der Waals surface area contributed by atoms with E-state index in [0.29, 0.717) is 6.42 Å². The van der Waals surface area contributed by atoms with Gasteiger partial charge in [0.25, 0.3) is 0 Å². The zero-order valence-corrected chi connectivity index (χ0v) is 15.7. The molecule has 0 radical (unpaired) electrons. The van der Waals surface area contributed by atoms with Crippen molar-refractivity contribution >= 4 is 17.8 Å². The van der Waals surface area contributed by atoms with Gasteiger partial charge in [-0.25, -0.2) is 4.98 Å². The molecule has 0 aliphatic rings. The van der Waals surface area contributed by atoms with Crippen LogP contribution in [0, 0.1) is 0 Å². The fourth-order valence-electron chi connectivity index (χ4n) is 2.63. The number of aliphatic imine (C=N–C) groups is 1. The summed E-state index contributed by atoms with van der Waals surface area (Å²) in [6, 6.07) is 8.11. The van der Waals surface area contributed by atoms with Gasteiger partial charge in [-0.1, -0.05) is 31.1 Å². The van der Waals surface area contributed by atoms with Crippen LogP contribution in [0.1, 0.15) is 44.9 Å². The van der Waals surface area contributed by atoms with Crippen molar-refractivity contribution in [3.8, 4) is 11.3 Å². The van der Waals surface area contributed by atoms with Crippen LogP contribution >= 0.6 is 0 Å². The Morgan fingerprint density at radius 2 is 1.96 bits per heavy atom. The van der Waals surface area contributed by atoms with Gasteiger partial charge in [0.05, 0.1) is 17.6 Å². The molecule has 0 atom stereocenters. The fraction of sp³-hybridized carbons (Fsp3) is 0.381. The molecule has 0 saturated heterocycles. The average Bonchev–Trinajstić information content (AvgIpc) is 3.14. The number of nitrogens with one attached hydrogen (secondary N) is 2. The van der Waals surface area contributed by atoms with Gasteiger partial charge < -0.3 is 10.3 Å². The molecule has 1 aromatic heterocycles. The maximum Gasteiger partial charge on any atom is 0.219 e. The van der Waals surface area contributed by atoms with Gasteiger partial charge in [0, 0.05) is 26.1 Å². The number of benzene rings is 1. The first-order valence-electron chi connectivity index (χ1n) is 9.23. The number of carbonyl (C=O) groups excluding carboxylic acids is 1. The van der Waals surface area contributed by atoms with Gasteiger partial charge >= 0.3 is 0 Å². The first-order chi connectivity index (χ1) is 12.7. The zero-order chi connectivity index (χ0) is 18.6. The molecule has 0 saturated carbocycles. The molecule has 0 fully saturated rings. The minimum absolute atomic E-state index is 0.124. The van der Waals surface area contributed by atoms with Gasteiger partial charge in [0.2, 0.25) is 5.91 Å². The minimum atomic E-state index is 0.124. The molecule has 2 aromatic rings. The lowest BCUT2D eigenvalue weighted by molar-refractivity contribution is -0.120. The zero-order valence-electron chi connectivity index (χ0n) is 15.7. The van der Waals surface area contributed by atoms with Crippen LogP contribution < -0.4 is 5.32 Å². The van der Waals surface area contributed by atoms with Crippen LogP contribution in [0.15, 0.2) is 47.6 Å². The number of aromatic nitrogens is 2. The minimum Gasteiger partial charge on any atom is -0.359 e. The Balaban J connectivity index is 1.77. The van der Waals surface area contributed by atoms with E-state index in [1.54, 1.807) is 13.3 Å². The summed E-state index contributed by atoms with van der Waals surface area (Å²) in [4.78, 5) is 23.4. The Bertz CT molecular complexity index is 729. The molecular weight excluding hydrogens is 324 g/mol. The number of imidazole rings is 1. The van der Waals surface area contributed by atoms with Crippen molar-refractivity contribution in [2.45, 2.75) is 45.4 Å². The predicted molar refractivity (Wildman–Crippen MR) is 108 cm³/mol. The van der Waals surface area contributed by atoms with Crippen LogP contribution in [0.4, 0.5) is 5.69 Å². The highest BCUT2D eigenvalue weighted by atomic mass is 16.1. The lowest BCUT2D eigenvalue weighted by atomic mass is 10.1. The number of rotatable bonds is 10. The van der Waals surface area contributed by atoms with Crippen LogP contribution in [-0.2, 0) is 11.2 Å². The van der Waals surface area contributed by atoms with Crippen LogP contribution in [-0.4, -0.2) is 29.1 Å². The Labute approximate surface area is 155 Å². The summed E-state index contributed by atoms with van der Waals surface area (Å²) in [6.45, 7) is 1.97. The van der Waals surface area contributed by atoms with E-state index < -0.39 is 0 Å². The first-order valence-corrected chi connectivity index (χ1v) is 9.23. The van der Waals surface area contributed by atoms with Crippen LogP contribution in [0.3, 0.4) is 0 Å². The van der Waals surface area contributed by atoms with Crippen molar-refractivity contribution in [1.82, 2.24) is 15.3 Å². The molecule has 0 aliphatic heterocycles. The van der Waals surface area contributed by atoms with Crippen LogP contribution in [0.25, 0.3) is 11.3 Å². The quantitative estimate of drug-likeness (QED) is 0.485. The van der Waals surface area contributed by atoms with E-state index in [1.165, 1.54) is 0 Å². The molecule has 0 aliphatic carbocycles. The van der Waals surface area contributed by atoms with Gasteiger partial charge in [0.15, 0.2) is 0 Å². The standard InChI is InChI=1S/C21H28N4O/c1-3-4-15-23-18-13-11-17(12-14-18)19-16-24-20(25-19)9-7-5-6-8-10-21(26)22-2/h3-4,11-16H,5-10H2,1-2H3,(H,22,26)(H,24,25)/b4-3-,23-15?. The van der Waals surface area contributed by atoms with E-state index in [0.717, 1.165) is 54.9 Å². The predicted octanol–water partition coefficient (Wildman–Crippen LogP) is 4.59. The number of allylic oxidation sites excluding steroid dienone is 2. The lowest BCUT2D eigenvalue weighted by Crippen LogP contribution is -2.16. The molecule has 2 rings (SSSR count). The van der Waals surface area contributed by atoms with Gasteiger partial charge in [-0.3, -0.25) is 9.79 Å². The summed E-state index contributed by atoms with van der Waals surface area (Å²) in [5.41, 5.74) is 3.08. The number of aromatic amines is 1. The molecule has 5 nitrogen and oxygen atoms in total. The highest BCUT2D eigenvalue weighted by Crippen LogP contribution is 2.21. The second kappa shape index (κ2) is 11.0. The number of hydrogen-bond donors (Lipinski definition) is 2. The summed E-state index contributed by atoms with van der Waals surface area (Å²) in [7, 11) is 1.68. The molecule has 2 N–H and O–H groups in total. The third-order valence-electron chi connectivity index (χ3n) is 4.16. The number of nitrogens with zero attached hydrogens (tertiary/aromatic N) is 2. The maximum absolute atomic E-state index is 11.2. The summed E-state index contributed by atoms with van der Waals surface area (Å²) in [6.07, 6.45) is 13.3. The molecule has 138 valence electrons. The third-order valence-corrected chi connectivity index (χ3v) is 4.16. The van der Waals surface area contributed by atoms with E-state index in [1.807, 2.05) is 37.4 Å². The first kappa shape index (κ1) is 19.6. The SMILES string of the molecule is C/C=C\C=Nc1ccc(-c2cnc(CCCCCCC(=O)NC)[nH]2)cc1. The lowest BCUT2D eigenvalue weighted by Gasteiger charge is -2.01. The topological polar surface area (TPSA) is 70.1 Å². The molecular formula is C21H28N4O. The molecule has 5 heteroatoms. The van der Waals surface area contributed by atoms with Crippen molar-refractivity contribution in [2.24, 2.45) is 4.99 Å². The molecule has 0 bridgehead atoms. The summed E-state index contributed by atoms with van der Waals surface area (Å²) in [5, 5.41) is 2.65. The molecule has 1 aromatic carbocycles. The normalized spacial score (nSPS) is 11.5. The van der Waals surface area contributed by atoms with E-state index in [4.69, 9.17) is 0 Å². The van der Waals surface area contributed by atoms with Crippen molar-refractivity contribution in [1.29, 1.82) is 0 Å². The Hall–Kier alpha value is -2.69. The van der Waals surface area contributed by atoms with Gasteiger partial charge in [0.1, 0.15) is 5.82 Å². The third kappa shape index (κ3) is 6.67. The Morgan fingerprint density at radius 3 is 2.69 bits per heavy atom. The summed E-state index contributed by atoms with van der Waals surface area (Å²) < 4.78 is 0. The summed E-state index contributed by atoms with van der Waals surface area (Å²) in [5.74, 6) is 1.14. The average molecular weight is 352 g/mol. The Morgan fingerprint density at radius 1 is 1.19 bits per heavy atom. The maximum atomic E-state index is 11.2. The largest absolute Gasteiger partial charge is 0.359 e. The van der Waals surface area contributed by atoms with Crippen molar-refractivity contribution in [3.63, 3.8) is 0 Å². The summed E-state index contributed by atoms with van der Waals surface area (Å²) >= 11 is 0. The second-order valence-corrected chi connectivity index (χ2v) is 6.18. The van der Waals surface area contributed by atoms with Gasteiger partial charge in [-0.15, -0.1) is 0 Å². The molecule has 1 amide bonds. The van der Waals surface area contributed by atoms with E-state index in [-0.39, 0.29) is 5.91 Å². The number of amides is 1. The highest BCUT2D eigenvalue weighted by molar-refractivity contribution is 5.75.